The predicted molar refractivity (Wildman–Crippen MR) is 69.7 cm³/mol. The smallest absolute Gasteiger partial charge is 0.000426 e. The summed E-state index contributed by atoms with van der Waals surface area (Å²) in [5, 5.41) is 3.49. The number of unbranched alkanes of at least 4 members (excludes halogenated alkanes) is 5. The molecule has 0 atom stereocenters. The van der Waals surface area contributed by atoms with Gasteiger partial charge in [-0.25, -0.2) is 0 Å². The second-order valence-electron chi connectivity index (χ2n) is 3.56. The Kier molecular flexibility index (Phi) is 13.4. The first kappa shape index (κ1) is 13.7. The van der Waals surface area contributed by atoms with Crippen LogP contribution in [0.25, 0.3) is 0 Å². The molecular weight excluding hydrogens is 273 g/mol. The largest absolute Gasteiger partial charge is 0.317 e. The van der Waals surface area contributed by atoms with Crippen molar-refractivity contribution in [3.05, 3.63) is 0 Å². The molecule has 13 heavy (non-hydrogen) atoms. The summed E-state index contributed by atoms with van der Waals surface area (Å²) < 4.78 is 1.30. The average molecular weight is 297 g/mol. The minimum Gasteiger partial charge on any atom is -0.317 e. The van der Waals surface area contributed by atoms with E-state index in [0.29, 0.717) is 0 Å². The van der Waals surface area contributed by atoms with E-state index in [1.165, 1.54) is 62.5 Å². The zero-order chi connectivity index (χ0) is 9.78. The second kappa shape index (κ2) is 12.7. The topological polar surface area (TPSA) is 12.0 Å². The van der Waals surface area contributed by atoms with Gasteiger partial charge in [-0.1, -0.05) is 55.2 Å². The normalized spacial score (nSPS) is 10.6. The summed E-state index contributed by atoms with van der Waals surface area (Å²) in [6, 6.07) is 0. The van der Waals surface area contributed by atoms with Gasteiger partial charge in [-0.05, 0) is 36.8 Å². The molecule has 0 aliphatic carbocycles. The Balaban J connectivity index is 2.76. The maximum atomic E-state index is 3.49. The van der Waals surface area contributed by atoms with Gasteiger partial charge in [0.05, 0.1) is 0 Å². The van der Waals surface area contributed by atoms with E-state index in [2.05, 4.69) is 34.8 Å². The minimum absolute atomic E-state index is 1.22. The Morgan fingerprint density at radius 2 is 1.46 bits per heavy atom. The average Bonchev–Trinajstić information content (AvgIpc) is 2.16. The lowest BCUT2D eigenvalue weighted by Crippen LogP contribution is -2.16. The van der Waals surface area contributed by atoms with E-state index in [9.17, 15) is 0 Å². The highest BCUT2D eigenvalue weighted by molar-refractivity contribution is 14.1. The number of hydrogen-bond donors (Lipinski definition) is 1. The Morgan fingerprint density at radius 3 is 2.08 bits per heavy atom. The fraction of sp³-hybridized carbons (Fsp3) is 1.00. The number of hydrogen-bond acceptors (Lipinski definition) is 1. The first-order chi connectivity index (χ1) is 6.41. The molecule has 0 fully saturated rings. The summed E-state index contributed by atoms with van der Waals surface area (Å²) in [6.07, 6.45) is 9.67. The molecule has 0 rings (SSSR count). The third kappa shape index (κ3) is 12.7. The SMILES string of the molecule is CCCCCCCNCCCCI. The van der Waals surface area contributed by atoms with Crippen molar-refractivity contribution < 1.29 is 0 Å². The van der Waals surface area contributed by atoms with Crippen LogP contribution in [0.2, 0.25) is 0 Å². The zero-order valence-corrected chi connectivity index (χ0v) is 11.1. The van der Waals surface area contributed by atoms with Crippen molar-refractivity contribution in [3.8, 4) is 0 Å². The van der Waals surface area contributed by atoms with Gasteiger partial charge in [0.2, 0.25) is 0 Å². The quantitative estimate of drug-likeness (QED) is 0.368. The molecule has 0 aromatic carbocycles. The van der Waals surface area contributed by atoms with Crippen LogP contribution in [0.15, 0.2) is 0 Å². The Labute approximate surface area is 97.2 Å². The van der Waals surface area contributed by atoms with Gasteiger partial charge in [0, 0.05) is 0 Å². The lowest BCUT2D eigenvalue weighted by molar-refractivity contribution is 0.573. The van der Waals surface area contributed by atoms with Crippen LogP contribution in [0.3, 0.4) is 0 Å². The van der Waals surface area contributed by atoms with Crippen LogP contribution < -0.4 is 5.32 Å². The van der Waals surface area contributed by atoms with Gasteiger partial charge in [0.15, 0.2) is 0 Å². The lowest BCUT2D eigenvalue weighted by Gasteiger charge is -2.03. The van der Waals surface area contributed by atoms with Crippen LogP contribution in [0.4, 0.5) is 0 Å². The third-order valence-electron chi connectivity index (χ3n) is 2.19. The monoisotopic (exact) mass is 297 g/mol. The fourth-order valence-electron chi connectivity index (χ4n) is 1.32. The predicted octanol–water partition coefficient (Wildman–Crippen LogP) is 3.76. The van der Waals surface area contributed by atoms with E-state index in [1.807, 2.05) is 0 Å². The molecule has 0 aromatic rings. The molecule has 0 spiro atoms. The molecule has 0 aromatic heterocycles. The highest BCUT2D eigenvalue weighted by Crippen LogP contribution is 2.01. The molecule has 0 aliphatic heterocycles. The molecule has 0 unspecified atom stereocenters. The van der Waals surface area contributed by atoms with Crippen LogP contribution >= 0.6 is 22.6 Å². The number of rotatable bonds is 10. The van der Waals surface area contributed by atoms with Crippen molar-refractivity contribution in [2.45, 2.75) is 51.9 Å². The standard InChI is InChI=1S/C11H24IN/c1-2-3-4-5-7-10-13-11-8-6-9-12/h13H,2-11H2,1H3. The Morgan fingerprint density at radius 1 is 0.846 bits per heavy atom. The van der Waals surface area contributed by atoms with Crippen LogP contribution in [-0.4, -0.2) is 17.5 Å². The first-order valence-electron chi connectivity index (χ1n) is 5.68. The second-order valence-corrected chi connectivity index (χ2v) is 4.64. The van der Waals surface area contributed by atoms with E-state index in [0.717, 1.165) is 0 Å². The summed E-state index contributed by atoms with van der Waals surface area (Å²) in [6.45, 7) is 4.71. The van der Waals surface area contributed by atoms with E-state index in [-0.39, 0.29) is 0 Å². The minimum atomic E-state index is 1.22. The maximum Gasteiger partial charge on any atom is -0.000426 e. The summed E-state index contributed by atoms with van der Waals surface area (Å²) in [5.41, 5.74) is 0. The first-order valence-corrected chi connectivity index (χ1v) is 7.21. The third-order valence-corrected chi connectivity index (χ3v) is 2.96. The maximum absolute atomic E-state index is 3.49. The number of nitrogens with one attached hydrogen (secondary N) is 1. The van der Waals surface area contributed by atoms with Crippen LogP contribution in [-0.2, 0) is 0 Å². The molecule has 0 bridgehead atoms. The van der Waals surface area contributed by atoms with Crippen molar-refractivity contribution in [2.75, 3.05) is 17.5 Å². The van der Waals surface area contributed by atoms with Crippen LogP contribution in [0.1, 0.15) is 51.9 Å². The van der Waals surface area contributed by atoms with Gasteiger partial charge in [-0.15, -0.1) is 0 Å². The molecule has 0 amide bonds. The molecule has 0 saturated heterocycles. The molecule has 1 N–H and O–H groups in total. The van der Waals surface area contributed by atoms with Gasteiger partial charge < -0.3 is 5.32 Å². The van der Waals surface area contributed by atoms with Crippen molar-refractivity contribution >= 4 is 22.6 Å². The molecule has 0 heterocycles. The van der Waals surface area contributed by atoms with E-state index >= 15 is 0 Å². The van der Waals surface area contributed by atoms with E-state index < -0.39 is 0 Å². The van der Waals surface area contributed by atoms with Gasteiger partial charge in [-0.3, -0.25) is 0 Å². The summed E-state index contributed by atoms with van der Waals surface area (Å²) in [4.78, 5) is 0. The lowest BCUT2D eigenvalue weighted by atomic mass is 10.1. The van der Waals surface area contributed by atoms with E-state index in [4.69, 9.17) is 0 Å². The fourth-order valence-corrected chi connectivity index (χ4v) is 1.86. The molecule has 0 radical (unpaired) electrons. The molecule has 0 aliphatic rings. The highest BCUT2D eigenvalue weighted by Gasteiger charge is 1.89. The summed E-state index contributed by atoms with van der Waals surface area (Å²) >= 11 is 2.44. The van der Waals surface area contributed by atoms with Gasteiger partial charge in [0.1, 0.15) is 0 Å². The van der Waals surface area contributed by atoms with Crippen molar-refractivity contribution in [3.63, 3.8) is 0 Å². The van der Waals surface area contributed by atoms with E-state index in [1.54, 1.807) is 0 Å². The molecule has 0 saturated carbocycles. The van der Waals surface area contributed by atoms with Crippen LogP contribution in [0.5, 0.6) is 0 Å². The zero-order valence-electron chi connectivity index (χ0n) is 8.95. The van der Waals surface area contributed by atoms with Crippen molar-refractivity contribution in [2.24, 2.45) is 0 Å². The number of halogens is 1. The molecule has 2 heteroatoms. The summed E-state index contributed by atoms with van der Waals surface area (Å²) in [7, 11) is 0. The van der Waals surface area contributed by atoms with Crippen LogP contribution in [0, 0.1) is 0 Å². The van der Waals surface area contributed by atoms with Gasteiger partial charge in [-0.2, -0.15) is 0 Å². The van der Waals surface area contributed by atoms with Crippen molar-refractivity contribution in [1.29, 1.82) is 0 Å². The van der Waals surface area contributed by atoms with Crippen molar-refractivity contribution in [1.82, 2.24) is 5.32 Å². The van der Waals surface area contributed by atoms with Gasteiger partial charge >= 0.3 is 0 Å². The molecule has 1 nitrogen and oxygen atoms in total. The highest BCUT2D eigenvalue weighted by atomic mass is 127. The summed E-state index contributed by atoms with van der Waals surface area (Å²) in [5.74, 6) is 0. The Hall–Kier alpha value is 0.690. The van der Waals surface area contributed by atoms with Gasteiger partial charge in [0.25, 0.3) is 0 Å². The Bertz CT molecular complexity index is 76.2. The molecule has 80 valence electrons. The molecular formula is C11H24IN. The number of alkyl halides is 1.